The third kappa shape index (κ3) is 2.27. The number of hydrogen-bond acceptors (Lipinski definition) is 1. The second kappa shape index (κ2) is 4.42. The summed E-state index contributed by atoms with van der Waals surface area (Å²) in [7, 11) is 1.78. The molecular formula is C12H23N3. The number of hydrogen-bond donors (Lipinski definition) is 1. The average molecular weight is 209 g/mol. The third-order valence-electron chi connectivity index (χ3n) is 4.29. The van der Waals surface area contributed by atoms with Gasteiger partial charge in [0, 0.05) is 20.1 Å². The van der Waals surface area contributed by atoms with Crippen LogP contribution in [0.1, 0.15) is 44.9 Å². The summed E-state index contributed by atoms with van der Waals surface area (Å²) in [5.74, 6) is 0.723. The van der Waals surface area contributed by atoms with Crippen LogP contribution in [-0.2, 0) is 0 Å². The van der Waals surface area contributed by atoms with Crippen molar-refractivity contribution in [1.82, 2.24) is 4.90 Å². The van der Waals surface area contributed by atoms with Gasteiger partial charge in [-0.2, -0.15) is 0 Å². The molecule has 1 heterocycles. The van der Waals surface area contributed by atoms with Gasteiger partial charge in [-0.25, -0.2) is 0 Å². The summed E-state index contributed by atoms with van der Waals surface area (Å²) >= 11 is 0. The van der Waals surface area contributed by atoms with Crippen LogP contribution < -0.4 is 5.73 Å². The number of likely N-dealkylation sites (tertiary alicyclic amines) is 1. The Morgan fingerprint density at radius 3 is 2.20 bits per heavy atom. The first kappa shape index (κ1) is 10.8. The molecule has 0 aromatic carbocycles. The van der Waals surface area contributed by atoms with Gasteiger partial charge in [-0.3, -0.25) is 4.99 Å². The Morgan fingerprint density at radius 1 is 1.07 bits per heavy atom. The van der Waals surface area contributed by atoms with E-state index in [2.05, 4.69) is 9.89 Å². The first-order valence-electron chi connectivity index (χ1n) is 6.23. The standard InChI is InChI=1S/C12H23N3/c1-14-11(13)15-9-7-12(8-10-15)5-3-2-4-6-12/h2-10H2,1H3,(H2,13,14). The highest BCUT2D eigenvalue weighted by molar-refractivity contribution is 5.77. The van der Waals surface area contributed by atoms with E-state index in [1.54, 1.807) is 7.05 Å². The van der Waals surface area contributed by atoms with Gasteiger partial charge in [0.1, 0.15) is 0 Å². The highest BCUT2D eigenvalue weighted by atomic mass is 15.2. The molecule has 0 radical (unpaired) electrons. The fourth-order valence-electron chi connectivity index (χ4n) is 3.15. The topological polar surface area (TPSA) is 41.6 Å². The van der Waals surface area contributed by atoms with Crippen molar-refractivity contribution >= 4 is 5.96 Å². The molecule has 3 heteroatoms. The zero-order valence-electron chi connectivity index (χ0n) is 9.84. The van der Waals surface area contributed by atoms with Crippen LogP contribution >= 0.6 is 0 Å². The Morgan fingerprint density at radius 2 is 1.67 bits per heavy atom. The second-order valence-corrected chi connectivity index (χ2v) is 5.13. The van der Waals surface area contributed by atoms with E-state index >= 15 is 0 Å². The molecule has 1 saturated heterocycles. The van der Waals surface area contributed by atoms with Gasteiger partial charge in [0.2, 0.25) is 0 Å². The van der Waals surface area contributed by atoms with Crippen LogP contribution in [0.3, 0.4) is 0 Å². The Balaban J connectivity index is 1.90. The van der Waals surface area contributed by atoms with Gasteiger partial charge in [-0.1, -0.05) is 19.3 Å². The molecule has 0 atom stereocenters. The largest absolute Gasteiger partial charge is 0.370 e. The van der Waals surface area contributed by atoms with Crippen molar-refractivity contribution in [3.63, 3.8) is 0 Å². The molecule has 0 unspecified atom stereocenters. The van der Waals surface area contributed by atoms with E-state index < -0.39 is 0 Å². The van der Waals surface area contributed by atoms with Crippen LogP contribution in [0.4, 0.5) is 0 Å². The van der Waals surface area contributed by atoms with Gasteiger partial charge in [0.15, 0.2) is 5.96 Å². The highest BCUT2D eigenvalue weighted by Crippen LogP contribution is 2.44. The zero-order chi connectivity index (χ0) is 10.7. The monoisotopic (exact) mass is 209 g/mol. The number of rotatable bonds is 0. The lowest BCUT2D eigenvalue weighted by Gasteiger charge is -2.44. The molecule has 86 valence electrons. The summed E-state index contributed by atoms with van der Waals surface area (Å²) in [6.45, 7) is 2.23. The zero-order valence-corrected chi connectivity index (χ0v) is 9.84. The minimum Gasteiger partial charge on any atom is -0.370 e. The molecule has 1 aliphatic heterocycles. The maximum absolute atomic E-state index is 5.84. The minimum atomic E-state index is 0.669. The van der Waals surface area contributed by atoms with Gasteiger partial charge in [0.25, 0.3) is 0 Å². The van der Waals surface area contributed by atoms with Gasteiger partial charge in [-0.05, 0) is 31.1 Å². The molecule has 2 aliphatic rings. The first-order valence-corrected chi connectivity index (χ1v) is 6.23. The lowest BCUT2D eigenvalue weighted by molar-refractivity contribution is 0.0973. The number of guanidine groups is 1. The van der Waals surface area contributed by atoms with Crippen LogP contribution in [0.2, 0.25) is 0 Å². The van der Waals surface area contributed by atoms with E-state index in [0.29, 0.717) is 5.41 Å². The molecule has 2 fully saturated rings. The molecule has 0 aromatic rings. The summed E-state index contributed by atoms with van der Waals surface area (Å²) in [5, 5.41) is 0. The summed E-state index contributed by atoms with van der Waals surface area (Å²) in [6.07, 6.45) is 9.87. The number of nitrogens with two attached hydrogens (primary N) is 1. The lowest BCUT2D eigenvalue weighted by atomic mass is 9.68. The molecule has 2 rings (SSSR count). The first-order chi connectivity index (χ1) is 7.26. The van der Waals surface area contributed by atoms with Crippen LogP contribution in [-0.4, -0.2) is 31.0 Å². The quantitative estimate of drug-likeness (QED) is 0.489. The van der Waals surface area contributed by atoms with E-state index in [1.165, 1.54) is 44.9 Å². The van der Waals surface area contributed by atoms with Crippen molar-refractivity contribution in [2.45, 2.75) is 44.9 Å². The van der Waals surface area contributed by atoms with Crippen LogP contribution in [0.25, 0.3) is 0 Å². The Labute approximate surface area is 92.7 Å². The summed E-state index contributed by atoms with van der Waals surface area (Å²) in [4.78, 5) is 6.30. The lowest BCUT2D eigenvalue weighted by Crippen LogP contribution is -2.46. The molecule has 0 amide bonds. The smallest absolute Gasteiger partial charge is 0.190 e. The van der Waals surface area contributed by atoms with Gasteiger partial charge in [0.05, 0.1) is 0 Å². The molecule has 1 saturated carbocycles. The Hall–Kier alpha value is -0.730. The van der Waals surface area contributed by atoms with Crippen LogP contribution in [0.15, 0.2) is 4.99 Å². The predicted molar refractivity (Wildman–Crippen MR) is 63.9 cm³/mol. The average Bonchev–Trinajstić information content (AvgIpc) is 2.30. The van der Waals surface area contributed by atoms with Crippen molar-refractivity contribution in [2.24, 2.45) is 16.1 Å². The normalized spacial score (nSPS) is 27.0. The van der Waals surface area contributed by atoms with Gasteiger partial charge >= 0.3 is 0 Å². The fraction of sp³-hybridized carbons (Fsp3) is 0.917. The number of aliphatic imine (C=N–C) groups is 1. The van der Waals surface area contributed by atoms with Crippen LogP contribution in [0.5, 0.6) is 0 Å². The third-order valence-corrected chi connectivity index (χ3v) is 4.29. The maximum Gasteiger partial charge on any atom is 0.190 e. The molecule has 1 aliphatic carbocycles. The van der Waals surface area contributed by atoms with Crippen molar-refractivity contribution < 1.29 is 0 Å². The molecule has 3 nitrogen and oxygen atoms in total. The van der Waals surface area contributed by atoms with Crippen LogP contribution in [0, 0.1) is 5.41 Å². The molecule has 2 N–H and O–H groups in total. The number of piperidine rings is 1. The van der Waals surface area contributed by atoms with E-state index in [0.717, 1.165) is 19.0 Å². The molecule has 1 spiro atoms. The van der Waals surface area contributed by atoms with Crippen molar-refractivity contribution in [3.05, 3.63) is 0 Å². The summed E-state index contributed by atoms with van der Waals surface area (Å²) < 4.78 is 0. The maximum atomic E-state index is 5.84. The van der Waals surface area contributed by atoms with Gasteiger partial charge < -0.3 is 10.6 Å². The molecule has 0 aromatic heterocycles. The van der Waals surface area contributed by atoms with E-state index in [9.17, 15) is 0 Å². The fourth-order valence-corrected chi connectivity index (χ4v) is 3.15. The Kier molecular flexibility index (Phi) is 3.17. The van der Waals surface area contributed by atoms with Crippen molar-refractivity contribution in [1.29, 1.82) is 0 Å². The van der Waals surface area contributed by atoms with E-state index in [4.69, 9.17) is 5.73 Å². The van der Waals surface area contributed by atoms with E-state index in [-0.39, 0.29) is 0 Å². The van der Waals surface area contributed by atoms with Gasteiger partial charge in [-0.15, -0.1) is 0 Å². The minimum absolute atomic E-state index is 0.669. The SMILES string of the molecule is CN=C(N)N1CCC2(CCCCC2)CC1. The molecule has 0 bridgehead atoms. The number of nitrogens with zero attached hydrogens (tertiary/aromatic N) is 2. The highest BCUT2D eigenvalue weighted by Gasteiger charge is 2.35. The second-order valence-electron chi connectivity index (χ2n) is 5.13. The van der Waals surface area contributed by atoms with Crippen molar-refractivity contribution in [2.75, 3.05) is 20.1 Å². The molecule has 15 heavy (non-hydrogen) atoms. The predicted octanol–water partition coefficient (Wildman–Crippen LogP) is 1.98. The summed E-state index contributed by atoms with van der Waals surface area (Å²) in [5.41, 5.74) is 6.51. The molecular weight excluding hydrogens is 186 g/mol. The Bertz CT molecular complexity index is 231. The van der Waals surface area contributed by atoms with E-state index in [1.807, 2.05) is 0 Å². The van der Waals surface area contributed by atoms with Crippen molar-refractivity contribution in [3.8, 4) is 0 Å². The summed E-state index contributed by atoms with van der Waals surface area (Å²) in [6, 6.07) is 0.